The van der Waals surface area contributed by atoms with Gasteiger partial charge < -0.3 is 9.64 Å². The van der Waals surface area contributed by atoms with E-state index in [0.717, 1.165) is 39.1 Å². The Morgan fingerprint density at radius 2 is 1.89 bits per heavy atom. The number of nitrogens with zero attached hydrogens (tertiary/aromatic N) is 4. The van der Waals surface area contributed by atoms with Crippen molar-refractivity contribution in [1.82, 2.24) is 15.0 Å². The summed E-state index contributed by atoms with van der Waals surface area (Å²) in [4.78, 5) is 15.0. The maximum atomic E-state index is 6.00. The van der Waals surface area contributed by atoms with E-state index >= 15 is 0 Å². The van der Waals surface area contributed by atoms with Crippen molar-refractivity contribution in [3.05, 3.63) is 5.28 Å². The predicted octanol–water partition coefficient (Wildman–Crippen LogP) is 2.64. The lowest BCUT2D eigenvalue weighted by Crippen LogP contribution is -2.25. The van der Waals surface area contributed by atoms with Gasteiger partial charge in [-0.15, -0.1) is 0 Å². The predicted molar refractivity (Wildman–Crippen MR) is 78.1 cm³/mol. The van der Waals surface area contributed by atoms with Crippen LogP contribution in [0.5, 0.6) is 0 Å². The van der Waals surface area contributed by atoms with Crippen LogP contribution in [0.1, 0.15) is 26.7 Å². The van der Waals surface area contributed by atoms with Crippen molar-refractivity contribution in [3.63, 3.8) is 0 Å². The van der Waals surface area contributed by atoms with E-state index in [1.807, 2.05) is 0 Å². The van der Waals surface area contributed by atoms with E-state index in [2.05, 4.69) is 33.7 Å². The zero-order chi connectivity index (χ0) is 13.7. The fourth-order valence-electron chi connectivity index (χ4n) is 1.97. The summed E-state index contributed by atoms with van der Waals surface area (Å²) in [5, 5.41) is 1.50. The lowest BCUT2D eigenvalue weighted by molar-refractivity contribution is 0.1000. The quantitative estimate of drug-likeness (QED) is 0.833. The molecule has 0 aromatic carbocycles. The molecule has 1 aliphatic heterocycles. The molecule has 106 valence electrons. The van der Waals surface area contributed by atoms with Crippen LogP contribution in [-0.4, -0.2) is 46.5 Å². The van der Waals surface area contributed by atoms with E-state index in [-0.39, 0.29) is 5.28 Å². The third-order valence-corrected chi connectivity index (χ3v) is 4.43. The smallest absolute Gasteiger partial charge is 0.230 e. The Bertz CT molecular complexity index is 411. The average molecular weight is 303 g/mol. The van der Waals surface area contributed by atoms with E-state index in [0.29, 0.717) is 16.4 Å². The Kier molecular flexibility index (Phi) is 5.66. The Labute approximate surface area is 123 Å². The molecule has 0 spiro atoms. The van der Waals surface area contributed by atoms with Gasteiger partial charge in [0.25, 0.3) is 0 Å². The van der Waals surface area contributed by atoms with Gasteiger partial charge in [0.2, 0.25) is 11.2 Å². The minimum Gasteiger partial charge on any atom is -0.381 e. The normalized spacial score (nSPS) is 16.6. The molecule has 0 atom stereocenters. The van der Waals surface area contributed by atoms with Gasteiger partial charge in [-0.05, 0) is 38.3 Å². The zero-order valence-corrected chi connectivity index (χ0v) is 12.9. The van der Waals surface area contributed by atoms with Crippen LogP contribution in [0.2, 0.25) is 5.28 Å². The first-order valence-electron chi connectivity index (χ1n) is 6.63. The molecule has 1 fully saturated rings. The molecule has 5 nitrogen and oxygen atoms in total. The molecule has 2 heterocycles. The van der Waals surface area contributed by atoms with E-state index in [9.17, 15) is 0 Å². The number of ether oxygens (including phenoxy) is 1. The van der Waals surface area contributed by atoms with Gasteiger partial charge in [0.1, 0.15) is 0 Å². The van der Waals surface area contributed by atoms with Crippen LogP contribution < -0.4 is 4.90 Å². The van der Waals surface area contributed by atoms with Gasteiger partial charge in [-0.1, -0.05) is 11.8 Å². The molecule has 0 N–H and O–H groups in total. The van der Waals surface area contributed by atoms with Crippen molar-refractivity contribution in [2.45, 2.75) is 37.1 Å². The minimum atomic E-state index is 0.270. The second-order valence-electron chi connectivity index (χ2n) is 4.29. The third-order valence-electron chi connectivity index (χ3n) is 3.06. The molecule has 1 aromatic heterocycles. The summed E-state index contributed by atoms with van der Waals surface area (Å²) in [7, 11) is 0. The maximum Gasteiger partial charge on any atom is 0.230 e. The van der Waals surface area contributed by atoms with Gasteiger partial charge >= 0.3 is 0 Å². The molecule has 0 saturated carbocycles. The van der Waals surface area contributed by atoms with Crippen molar-refractivity contribution in [1.29, 1.82) is 0 Å². The lowest BCUT2D eigenvalue weighted by Gasteiger charge is -2.22. The molecule has 0 bridgehead atoms. The van der Waals surface area contributed by atoms with Crippen LogP contribution in [0.25, 0.3) is 0 Å². The highest BCUT2D eigenvalue weighted by Crippen LogP contribution is 2.28. The highest BCUT2D eigenvalue weighted by atomic mass is 35.5. The van der Waals surface area contributed by atoms with Crippen LogP contribution in [0.3, 0.4) is 0 Å². The molecule has 0 aliphatic carbocycles. The molecular formula is C12H19ClN4OS. The monoisotopic (exact) mass is 302 g/mol. The molecule has 1 aromatic rings. The first kappa shape index (κ1) is 14.8. The molecular weight excluding hydrogens is 284 g/mol. The fourth-order valence-corrected chi connectivity index (χ4v) is 3.17. The van der Waals surface area contributed by atoms with Gasteiger partial charge in [-0.2, -0.15) is 15.0 Å². The van der Waals surface area contributed by atoms with Crippen molar-refractivity contribution < 1.29 is 4.74 Å². The lowest BCUT2D eigenvalue weighted by atomic mass is 10.2. The van der Waals surface area contributed by atoms with E-state index in [1.54, 1.807) is 11.8 Å². The Morgan fingerprint density at radius 1 is 1.21 bits per heavy atom. The summed E-state index contributed by atoms with van der Waals surface area (Å²) in [5.74, 6) is 0.666. The Hall–Kier alpha value is -0.590. The third kappa shape index (κ3) is 4.19. The highest BCUT2D eigenvalue weighted by molar-refractivity contribution is 7.99. The van der Waals surface area contributed by atoms with Crippen molar-refractivity contribution in [2.75, 3.05) is 31.2 Å². The summed E-state index contributed by atoms with van der Waals surface area (Å²) >= 11 is 7.68. The van der Waals surface area contributed by atoms with Gasteiger partial charge in [0.15, 0.2) is 5.16 Å². The zero-order valence-electron chi connectivity index (χ0n) is 11.3. The molecule has 1 aliphatic rings. The van der Waals surface area contributed by atoms with Crippen LogP contribution >= 0.6 is 23.4 Å². The fraction of sp³-hybridized carbons (Fsp3) is 0.750. The van der Waals surface area contributed by atoms with Crippen LogP contribution in [0.4, 0.5) is 5.95 Å². The summed E-state index contributed by atoms with van der Waals surface area (Å²) in [6, 6.07) is 0. The standard InChI is InChI=1S/C12H19ClN4OS/c1-3-17(4-2)11-14-10(13)15-12(16-11)19-9-5-7-18-8-6-9/h9H,3-8H2,1-2H3. The van der Waals surface area contributed by atoms with Crippen molar-refractivity contribution in [3.8, 4) is 0 Å². The summed E-state index contributed by atoms with van der Waals surface area (Å²) < 4.78 is 5.36. The molecule has 0 unspecified atom stereocenters. The average Bonchev–Trinajstić information content (AvgIpc) is 2.40. The second kappa shape index (κ2) is 7.26. The maximum absolute atomic E-state index is 6.00. The first-order chi connectivity index (χ1) is 9.22. The molecule has 0 radical (unpaired) electrons. The minimum absolute atomic E-state index is 0.270. The number of rotatable bonds is 5. The van der Waals surface area contributed by atoms with E-state index < -0.39 is 0 Å². The molecule has 1 saturated heterocycles. The largest absolute Gasteiger partial charge is 0.381 e. The Morgan fingerprint density at radius 3 is 2.53 bits per heavy atom. The van der Waals surface area contributed by atoms with Gasteiger partial charge in [0.05, 0.1) is 0 Å². The van der Waals surface area contributed by atoms with Crippen LogP contribution in [0.15, 0.2) is 5.16 Å². The number of anilines is 1. The first-order valence-corrected chi connectivity index (χ1v) is 7.89. The van der Waals surface area contributed by atoms with Gasteiger partial charge in [-0.25, -0.2) is 0 Å². The number of halogens is 1. The SMILES string of the molecule is CCN(CC)c1nc(Cl)nc(SC2CCOCC2)n1. The highest BCUT2D eigenvalue weighted by Gasteiger charge is 2.18. The van der Waals surface area contributed by atoms with Gasteiger partial charge in [0, 0.05) is 31.6 Å². The van der Waals surface area contributed by atoms with E-state index in [1.165, 1.54) is 0 Å². The van der Waals surface area contributed by atoms with Crippen LogP contribution in [-0.2, 0) is 4.74 Å². The van der Waals surface area contributed by atoms with Crippen molar-refractivity contribution in [2.24, 2.45) is 0 Å². The molecule has 2 rings (SSSR count). The molecule has 19 heavy (non-hydrogen) atoms. The number of hydrogen-bond acceptors (Lipinski definition) is 6. The summed E-state index contributed by atoms with van der Waals surface area (Å²) in [6.45, 7) is 7.51. The van der Waals surface area contributed by atoms with Gasteiger partial charge in [-0.3, -0.25) is 0 Å². The topological polar surface area (TPSA) is 51.1 Å². The summed E-state index contributed by atoms with van der Waals surface area (Å²) in [6.07, 6.45) is 2.07. The molecule has 0 amide bonds. The number of hydrogen-bond donors (Lipinski definition) is 0. The van der Waals surface area contributed by atoms with E-state index in [4.69, 9.17) is 16.3 Å². The second-order valence-corrected chi connectivity index (χ2v) is 5.89. The molecule has 7 heteroatoms. The number of thioether (sulfide) groups is 1. The van der Waals surface area contributed by atoms with Crippen molar-refractivity contribution >= 4 is 29.3 Å². The number of aromatic nitrogens is 3. The Balaban J connectivity index is 2.11. The summed E-state index contributed by atoms with van der Waals surface area (Å²) in [5.41, 5.74) is 0. The van der Waals surface area contributed by atoms with Crippen LogP contribution in [0, 0.1) is 0 Å².